The van der Waals surface area contributed by atoms with Crippen LogP contribution in [0, 0.1) is 0 Å². The largest absolute Gasteiger partial charge is 0.494 e. The molecule has 134 valence electrons. The third-order valence-corrected chi connectivity index (χ3v) is 5.18. The molecule has 3 rings (SSSR count). The number of nitrogens with one attached hydrogen (secondary N) is 1. The number of rotatable bonds is 3. The summed E-state index contributed by atoms with van der Waals surface area (Å²) >= 11 is 0. The summed E-state index contributed by atoms with van der Waals surface area (Å²) in [4.78, 5) is 24.4. The molecule has 2 aliphatic rings. The van der Waals surface area contributed by atoms with Gasteiger partial charge in [0.05, 0.1) is 17.2 Å². The zero-order chi connectivity index (χ0) is 18.4. The van der Waals surface area contributed by atoms with Crippen LogP contribution in [0.25, 0.3) is 0 Å². The van der Waals surface area contributed by atoms with Crippen LogP contribution in [0.5, 0.6) is 0 Å². The van der Waals surface area contributed by atoms with Gasteiger partial charge in [0.2, 0.25) is 5.91 Å². The van der Waals surface area contributed by atoms with Crippen LogP contribution in [0.1, 0.15) is 34.1 Å². The molecule has 8 heteroatoms. The Morgan fingerprint density at radius 1 is 1.20 bits per heavy atom. The van der Waals surface area contributed by atoms with Gasteiger partial charge in [0, 0.05) is 18.7 Å². The molecule has 7 nitrogen and oxygen atoms in total. The molecule has 0 unspecified atom stereocenters. The number of carboxylic acid groups (broad SMARTS) is 1. The van der Waals surface area contributed by atoms with Gasteiger partial charge in [-0.2, -0.15) is 0 Å². The molecule has 25 heavy (non-hydrogen) atoms. The van der Waals surface area contributed by atoms with Crippen LogP contribution in [-0.2, 0) is 14.1 Å². The molecule has 2 N–H and O–H groups in total. The second-order valence-electron chi connectivity index (χ2n) is 7.53. The summed E-state index contributed by atoms with van der Waals surface area (Å²) in [6.07, 6.45) is -0.943. The second kappa shape index (κ2) is 6.03. The van der Waals surface area contributed by atoms with Crippen molar-refractivity contribution in [3.63, 3.8) is 0 Å². The van der Waals surface area contributed by atoms with Crippen LogP contribution in [-0.4, -0.2) is 48.0 Å². The molecule has 0 radical (unpaired) electrons. The monoisotopic (exact) mass is 346 g/mol. The number of anilines is 1. The Bertz CT molecular complexity index is 673. The molecular formula is C17H23BN2O5. The highest BCUT2D eigenvalue weighted by atomic mass is 16.7. The quantitative estimate of drug-likeness (QED) is 0.807. The van der Waals surface area contributed by atoms with E-state index in [1.54, 1.807) is 4.90 Å². The molecule has 1 atom stereocenters. The molecule has 0 spiro atoms. The van der Waals surface area contributed by atoms with Gasteiger partial charge in [0.1, 0.15) is 0 Å². The Morgan fingerprint density at radius 3 is 2.28 bits per heavy atom. The van der Waals surface area contributed by atoms with Crippen molar-refractivity contribution in [2.24, 2.45) is 0 Å². The number of amides is 2. The SMILES string of the molecule is CC1(C)OB(c2ccc(N3C[C@@H](NC(=O)O)CC3=O)cc2)OC1(C)C. The van der Waals surface area contributed by atoms with E-state index in [1.165, 1.54) is 0 Å². The maximum Gasteiger partial charge on any atom is 0.494 e. The highest BCUT2D eigenvalue weighted by Crippen LogP contribution is 2.36. The van der Waals surface area contributed by atoms with Crippen molar-refractivity contribution in [2.45, 2.75) is 51.4 Å². The zero-order valence-electron chi connectivity index (χ0n) is 14.9. The highest BCUT2D eigenvalue weighted by molar-refractivity contribution is 6.62. The Labute approximate surface area is 147 Å². The number of hydrogen-bond acceptors (Lipinski definition) is 4. The summed E-state index contributed by atoms with van der Waals surface area (Å²) < 4.78 is 12.0. The third-order valence-electron chi connectivity index (χ3n) is 5.18. The van der Waals surface area contributed by atoms with E-state index < -0.39 is 24.4 Å². The molecule has 1 aromatic carbocycles. The maximum absolute atomic E-state index is 12.1. The standard InChI is InChI=1S/C17H23BN2O5/c1-16(2)17(3,4)25-18(24-16)11-5-7-13(8-6-11)20-10-12(9-14(20)21)19-15(22)23/h5-8,12,19H,9-10H2,1-4H3,(H,22,23)/t12-/m0/s1. The lowest BCUT2D eigenvalue weighted by Gasteiger charge is -2.32. The fourth-order valence-corrected chi connectivity index (χ4v) is 3.02. The van der Waals surface area contributed by atoms with E-state index in [4.69, 9.17) is 14.4 Å². The molecule has 0 saturated carbocycles. The minimum absolute atomic E-state index is 0.0952. The van der Waals surface area contributed by atoms with Crippen LogP contribution in [0.4, 0.5) is 10.5 Å². The molecule has 2 fully saturated rings. The topological polar surface area (TPSA) is 88.1 Å². The van der Waals surface area contributed by atoms with Gasteiger partial charge in [-0.05, 0) is 45.3 Å². The molecule has 2 amide bonds. The zero-order valence-corrected chi connectivity index (χ0v) is 14.9. The van der Waals surface area contributed by atoms with E-state index in [9.17, 15) is 9.59 Å². The lowest BCUT2D eigenvalue weighted by atomic mass is 9.79. The van der Waals surface area contributed by atoms with Gasteiger partial charge in [0.15, 0.2) is 0 Å². The fourth-order valence-electron chi connectivity index (χ4n) is 3.02. The summed E-state index contributed by atoms with van der Waals surface area (Å²) in [6, 6.07) is 7.04. The van der Waals surface area contributed by atoms with E-state index in [-0.39, 0.29) is 18.4 Å². The summed E-state index contributed by atoms with van der Waals surface area (Å²) in [5, 5.41) is 11.2. The first-order valence-corrected chi connectivity index (χ1v) is 8.34. The van der Waals surface area contributed by atoms with Gasteiger partial charge in [-0.15, -0.1) is 0 Å². The van der Waals surface area contributed by atoms with Crippen molar-refractivity contribution < 1.29 is 24.0 Å². The van der Waals surface area contributed by atoms with Crippen LogP contribution >= 0.6 is 0 Å². The Balaban J connectivity index is 1.71. The van der Waals surface area contributed by atoms with Crippen molar-refractivity contribution >= 4 is 30.3 Å². The molecule has 2 aliphatic heterocycles. The van der Waals surface area contributed by atoms with Crippen molar-refractivity contribution in [1.82, 2.24) is 5.32 Å². The number of nitrogens with zero attached hydrogens (tertiary/aromatic N) is 1. The van der Waals surface area contributed by atoms with Crippen molar-refractivity contribution in [3.8, 4) is 0 Å². The smallest absolute Gasteiger partial charge is 0.465 e. The molecule has 0 aliphatic carbocycles. The van der Waals surface area contributed by atoms with Crippen LogP contribution in [0.3, 0.4) is 0 Å². The fraction of sp³-hybridized carbons (Fsp3) is 0.529. The average Bonchev–Trinajstić information content (AvgIpc) is 2.95. The predicted molar refractivity (Wildman–Crippen MR) is 94.1 cm³/mol. The predicted octanol–water partition coefficient (Wildman–Crippen LogP) is 1.36. The van der Waals surface area contributed by atoms with Crippen molar-refractivity contribution in [2.75, 3.05) is 11.4 Å². The van der Waals surface area contributed by atoms with E-state index in [0.29, 0.717) is 6.54 Å². The Morgan fingerprint density at radius 2 is 1.76 bits per heavy atom. The van der Waals surface area contributed by atoms with Gasteiger partial charge < -0.3 is 24.6 Å². The summed E-state index contributed by atoms with van der Waals surface area (Å²) in [5.41, 5.74) is 0.808. The molecule has 2 heterocycles. The maximum atomic E-state index is 12.1. The Hall–Kier alpha value is -2.06. The van der Waals surface area contributed by atoms with Gasteiger partial charge in [-0.25, -0.2) is 4.79 Å². The number of hydrogen-bond donors (Lipinski definition) is 2. The van der Waals surface area contributed by atoms with E-state index >= 15 is 0 Å². The molecule has 0 bridgehead atoms. The van der Waals surface area contributed by atoms with Crippen LogP contribution < -0.4 is 15.7 Å². The van der Waals surface area contributed by atoms with Crippen molar-refractivity contribution in [3.05, 3.63) is 24.3 Å². The first-order valence-electron chi connectivity index (χ1n) is 8.34. The summed E-state index contributed by atoms with van der Waals surface area (Å²) in [7, 11) is -0.449. The molecular weight excluding hydrogens is 323 g/mol. The lowest BCUT2D eigenvalue weighted by Crippen LogP contribution is -2.41. The summed E-state index contributed by atoms with van der Waals surface area (Å²) in [6.45, 7) is 8.33. The van der Waals surface area contributed by atoms with Crippen LogP contribution in [0.2, 0.25) is 0 Å². The van der Waals surface area contributed by atoms with Gasteiger partial charge in [-0.3, -0.25) is 4.79 Å². The minimum atomic E-state index is -1.12. The number of carbonyl (C=O) groups is 2. The van der Waals surface area contributed by atoms with E-state index in [1.807, 2.05) is 52.0 Å². The normalized spacial score (nSPS) is 24.6. The average molecular weight is 346 g/mol. The van der Waals surface area contributed by atoms with Crippen LogP contribution in [0.15, 0.2) is 24.3 Å². The third kappa shape index (κ3) is 3.36. The van der Waals surface area contributed by atoms with Gasteiger partial charge in [0.25, 0.3) is 0 Å². The van der Waals surface area contributed by atoms with Crippen molar-refractivity contribution in [1.29, 1.82) is 0 Å². The Kier molecular flexibility index (Phi) is 4.29. The molecule has 1 aromatic rings. The lowest BCUT2D eigenvalue weighted by molar-refractivity contribution is -0.117. The van der Waals surface area contributed by atoms with Gasteiger partial charge >= 0.3 is 13.2 Å². The first-order chi connectivity index (χ1) is 11.6. The number of carbonyl (C=O) groups excluding carboxylic acids is 1. The number of benzene rings is 1. The first kappa shape index (κ1) is 17.8. The van der Waals surface area contributed by atoms with Gasteiger partial charge in [-0.1, -0.05) is 12.1 Å². The molecule has 0 aromatic heterocycles. The van der Waals surface area contributed by atoms with E-state index in [2.05, 4.69) is 5.32 Å². The summed E-state index contributed by atoms with van der Waals surface area (Å²) in [5.74, 6) is -0.0952. The second-order valence-corrected chi connectivity index (χ2v) is 7.53. The highest BCUT2D eigenvalue weighted by Gasteiger charge is 2.51. The molecule has 2 saturated heterocycles. The van der Waals surface area contributed by atoms with E-state index in [0.717, 1.165) is 11.2 Å². The minimum Gasteiger partial charge on any atom is -0.465 e.